The molecule has 0 bridgehead atoms. The second-order valence-electron chi connectivity index (χ2n) is 4.60. The van der Waals surface area contributed by atoms with E-state index in [4.69, 9.17) is 0 Å². The average Bonchev–Trinajstić information content (AvgIpc) is 2.35. The highest BCUT2D eigenvalue weighted by atomic mass is 32.1. The summed E-state index contributed by atoms with van der Waals surface area (Å²) in [6, 6.07) is 15.7. The predicted octanol–water partition coefficient (Wildman–Crippen LogP) is 3.76. The highest BCUT2D eigenvalue weighted by Gasteiger charge is 2.13. The molecule has 0 aliphatic heterocycles. The highest BCUT2D eigenvalue weighted by molar-refractivity contribution is 7.80. The Balaban J connectivity index is 2.40. The number of thiol groups is 1. The molecule has 0 heterocycles. The second-order valence-corrected chi connectivity index (χ2v) is 5.05. The number of hydrogen-bond acceptors (Lipinski definition) is 2. The molecule has 1 atom stereocenters. The number of benzene rings is 2. The predicted molar refractivity (Wildman–Crippen MR) is 78.8 cm³/mol. The third-order valence-corrected chi connectivity index (χ3v) is 3.44. The summed E-state index contributed by atoms with van der Waals surface area (Å²) in [6.07, 6.45) is 1.08. The fourth-order valence-electron chi connectivity index (χ4n) is 2.26. The van der Waals surface area contributed by atoms with Crippen LogP contribution in [0.15, 0.2) is 42.5 Å². The van der Waals surface area contributed by atoms with E-state index in [1.807, 2.05) is 0 Å². The summed E-state index contributed by atoms with van der Waals surface area (Å²) in [4.78, 5) is 2.26. The van der Waals surface area contributed by atoms with Crippen molar-refractivity contribution < 1.29 is 0 Å². The van der Waals surface area contributed by atoms with E-state index in [1.54, 1.807) is 0 Å². The van der Waals surface area contributed by atoms with Crippen molar-refractivity contribution in [2.45, 2.75) is 12.5 Å². The second kappa shape index (κ2) is 5.56. The first-order chi connectivity index (χ1) is 8.22. The van der Waals surface area contributed by atoms with Gasteiger partial charge in [-0.05, 0) is 48.7 Å². The van der Waals surface area contributed by atoms with Crippen LogP contribution in [0.1, 0.15) is 18.0 Å². The summed E-state index contributed by atoms with van der Waals surface area (Å²) < 4.78 is 0. The summed E-state index contributed by atoms with van der Waals surface area (Å²) in [7, 11) is 4.26. The number of rotatable bonds is 4. The molecule has 0 aromatic heterocycles. The van der Waals surface area contributed by atoms with Crippen LogP contribution >= 0.6 is 12.6 Å². The molecule has 1 nitrogen and oxygen atoms in total. The van der Waals surface area contributed by atoms with Crippen LogP contribution in [0.5, 0.6) is 0 Å². The van der Waals surface area contributed by atoms with Crippen molar-refractivity contribution in [3.05, 3.63) is 48.0 Å². The maximum atomic E-state index is 4.35. The Kier molecular flexibility index (Phi) is 4.08. The zero-order chi connectivity index (χ0) is 12.3. The standard InChI is InChI=1S/C15H19NS/c1-16(2)15(9-10-17)14-8-7-12-5-3-4-6-13(12)11-14/h3-8,11,15,17H,9-10H2,1-2H3. The first kappa shape index (κ1) is 12.5. The van der Waals surface area contributed by atoms with E-state index in [9.17, 15) is 0 Å². The maximum Gasteiger partial charge on any atom is 0.0350 e. The lowest BCUT2D eigenvalue weighted by Gasteiger charge is -2.24. The van der Waals surface area contributed by atoms with Gasteiger partial charge in [0.05, 0.1) is 0 Å². The molecule has 2 heteroatoms. The Morgan fingerprint density at radius 1 is 1.06 bits per heavy atom. The molecule has 90 valence electrons. The first-order valence-electron chi connectivity index (χ1n) is 5.98. The summed E-state index contributed by atoms with van der Waals surface area (Å²) in [5.41, 5.74) is 1.38. The van der Waals surface area contributed by atoms with Crippen molar-refractivity contribution in [3.63, 3.8) is 0 Å². The van der Waals surface area contributed by atoms with Crippen LogP contribution < -0.4 is 0 Å². The van der Waals surface area contributed by atoms with Crippen molar-refractivity contribution in [1.82, 2.24) is 4.90 Å². The molecule has 0 saturated heterocycles. The molecule has 0 saturated carbocycles. The normalized spacial score (nSPS) is 13.2. The summed E-state index contributed by atoms with van der Waals surface area (Å²) in [5, 5.41) is 2.62. The quantitative estimate of drug-likeness (QED) is 0.803. The Labute approximate surface area is 109 Å². The van der Waals surface area contributed by atoms with Crippen LogP contribution in [0, 0.1) is 0 Å². The molecule has 17 heavy (non-hydrogen) atoms. The van der Waals surface area contributed by atoms with Gasteiger partial charge in [-0.15, -0.1) is 0 Å². The molecule has 0 aliphatic carbocycles. The van der Waals surface area contributed by atoms with Crippen molar-refractivity contribution in [3.8, 4) is 0 Å². The van der Waals surface area contributed by atoms with E-state index in [-0.39, 0.29) is 0 Å². The number of hydrogen-bond donors (Lipinski definition) is 1. The van der Waals surface area contributed by atoms with Crippen LogP contribution in [-0.4, -0.2) is 24.7 Å². The molecular formula is C15H19NS. The van der Waals surface area contributed by atoms with Gasteiger partial charge in [-0.3, -0.25) is 0 Å². The lowest BCUT2D eigenvalue weighted by molar-refractivity contribution is 0.294. The molecule has 0 fully saturated rings. The highest BCUT2D eigenvalue weighted by Crippen LogP contribution is 2.25. The third-order valence-electron chi connectivity index (χ3n) is 3.18. The number of nitrogens with zero attached hydrogens (tertiary/aromatic N) is 1. The first-order valence-corrected chi connectivity index (χ1v) is 6.61. The van der Waals surface area contributed by atoms with Gasteiger partial charge in [0.25, 0.3) is 0 Å². The smallest absolute Gasteiger partial charge is 0.0350 e. The van der Waals surface area contributed by atoms with Gasteiger partial charge in [-0.1, -0.05) is 36.4 Å². The topological polar surface area (TPSA) is 3.24 Å². The Morgan fingerprint density at radius 2 is 1.76 bits per heavy atom. The van der Waals surface area contributed by atoms with E-state index in [1.165, 1.54) is 16.3 Å². The van der Waals surface area contributed by atoms with Gasteiger partial charge in [-0.2, -0.15) is 12.6 Å². The molecule has 0 N–H and O–H groups in total. The zero-order valence-electron chi connectivity index (χ0n) is 10.4. The Morgan fingerprint density at radius 3 is 2.41 bits per heavy atom. The van der Waals surface area contributed by atoms with E-state index >= 15 is 0 Å². The van der Waals surface area contributed by atoms with Crippen LogP contribution in [0.4, 0.5) is 0 Å². The number of fused-ring (bicyclic) bond motifs is 1. The fourth-order valence-corrected chi connectivity index (χ4v) is 2.50. The molecular weight excluding hydrogens is 226 g/mol. The van der Waals surface area contributed by atoms with Crippen LogP contribution in [0.25, 0.3) is 10.8 Å². The molecule has 0 amide bonds. The molecule has 2 aromatic carbocycles. The van der Waals surface area contributed by atoms with Gasteiger partial charge in [0, 0.05) is 6.04 Å². The molecule has 0 aliphatic rings. The van der Waals surface area contributed by atoms with Gasteiger partial charge >= 0.3 is 0 Å². The minimum Gasteiger partial charge on any atom is -0.302 e. The Hall–Kier alpha value is -0.990. The summed E-state index contributed by atoms with van der Waals surface area (Å²) >= 11 is 4.35. The lowest BCUT2D eigenvalue weighted by atomic mass is 9.99. The van der Waals surface area contributed by atoms with E-state index in [0.29, 0.717) is 6.04 Å². The molecule has 1 unspecified atom stereocenters. The molecule has 2 aromatic rings. The lowest BCUT2D eigenvalue weighted by Crippen LogP contribution is -2.20. The SMILES string of the molecule is CN(C)C(CCS)c1ccc2ccccc2c1. The van der Waals surface area contributed by atoms with Gasteiger partial charge in [0.2, 0.25) is 0 Å². The van der Waals surface area contributed by atoms with Crippen molar-refractivity contribution >= 4 is 23.4 Å². The zero-order valence-corrected chi connectivity index (χ0v) is 11.3. The van der Waals surface area contributed by atoms with E-state index < -0.39 is 0 Å². The van der Waals surface area contributed by atoms with Gasteiger partial charge in [0.15, 0.2) is 0 Å². The van der Waals surface area contributed by atoms with Gasteiger partial charge < -0.3 is 4.90 Å². The molecule has 2 rings (SSSR count). The van der Waals surface area contributed by atoms with Crippen LogP contribution in [0.2, 0.25) is 0 Å². The van der Waals surface area contributed by atoms with Crippen LogP contribution in [0.3, 0.4) is 0 Å². The third kappa shape index (κ3) is 2.82. The van der Waals surface area contributed by atoms with Gasteiger partial charge in [-0.25, -0.2) is 0 Å². The monoisotopic (exact) mass is 245 g/mol. The summed E-state index contributed by atoms with van der Waals surface area (Å²) in [6.45, 7) is 0. The van der Waals surface area contributed by atoms with E-state index in [0.717, 1.165) is 12.2 Å². The minimum absolute atomic E-state index is 0.456. The summed E-state index contributed by atoms with van der Waals surface area (Å²) in [5.74, 6) is 0.912. The van der Waals surface area contributed by atoms with Crippen molar-refractivity contribution in [2.24, 2.45) is 0 Å². The van der Waals surface area contributed by atoms with Crippen molar-refractivity contribution in [1.29, 1.82) is 0 Å². The maximum absolute atomic E-state index is 4.35. The fraction of sp³-hybridized carbons (Fsp3) is 0.333. The van der Waals surface area contributed by atoms with Crippen molar-refractivity contribution in [2.75, 3.05) is 19.8 Å². The van der Waals surface area contributed by atoms with Crippen LogP contribution in [-0.2, 0) is 0 Å². The van der Waals surface area contributed by atoms with E-state index in [2.05, 4.69) is 74.1 Å². The van der Waals surface area contributed by atoms with Gasteiger partial charge in [0.1, 0.15) is 0 Å². The minimum atomic E-state index is 0.456. The largest absolute Gasteiger partial charge is 0.302 e. The Bertz CT molecular complexity index is 493. The average molecular weight is 245 g/mol. The molecule has 0 radical (unpaired) electrons. The molecule has 0 spiro atoms.